The normalized spacial score (nSPS) is 13.9. The molecule has 3 rings (SSSR count). The van der Waals surface area contributed by atoms with Crippen LogP contribution in [0.5, 0.6) is 0 Å². The van der Waals surface area contributed by atoms with Crippen LogP contribution in [0.2, 0.25) is 5.02 Å². The highest BCUT2D eigenvalue weighted by atomic mass is 35.5. The summed E-state index contributed by atoms with van der Waals surface area (Å²) in [5.41, 5.74) is 2.53. The molecule has 0 unspecified atom stereocenters. The number of fused-ring (bicyclic) bond motifs is 1. The highest BCUT2D eigenvalue weighted by Crippen LogP contribution is 2.30. The number of nitrogens with zero attached hydrogens (tertiary/aromatic N) is 2. The van der Waals surface area contributed by atoms with E-state index in [2.05, 4.69) is 15.3 Å². The Labute approximate surface area is 122 Å². The van der Waals surface area contributed by atoms with E-state index >= 15 is 0 Å². The maximum Gasteiger partial charge on any atom is 0.164 e. The molecule has 0 spiro atoms. The summed E-state index contributed by atoms with van der Waals surface area (Å²) in [7, 11) is 1.83. The Bertz CT molecular complexity index is 641. The van der Waals surface area contributed by atoms with Crippen molar-refractivity contribution in [2.24, 2.45) is 0 Å². The zero-order chi connectivity index (χ0) is 14.1. The monoisotopic (exact) mass is 291 g/mol. The molecule has 0 saturated heterocycles. The largest absolute Gasteiger partial charge is 0.373 e. The summed E-state index contributed by atoms with van der Waals surface area (Å²) < 4.78 is 14.1. The molecule has 20 heavy (non-hydrogen) atoms. The van der Waals surface area contributed by atoms with E-state index in [9.17, 15) is 4.39 Å². The van der Waals surface area contributed by atoms with Crippen LogP contribution in [0.3, 0.4) is 0 Å². The number of nitrogens with one attached hydrogen (secondary N) is 1. The van der Waals surface area contributed by atoms with Crippen molar-refractivity contribution >= 4 is 17.4 Å². The minimum Gasteiger partial charge on any atom is -0.373 e. The quantitative estimate of drug-likeness (QED) is 0.913. The molecule has 0 radical (unpaired) electrons. The lowest BCUT2D eigenvalue weighted by Crippen LogP contribution is -2.12. The summed E-state index contributed by atoms with van der Waals surface area (Å²) >= 11 is 5.83. The number of benzene rings is 1. The number of aromatic nitrogens is 2. The molecule has 3 nitrogen and oxygen atoms in total. The minimum absolute atomic E-state index is 0.0924. The van der Waals surface area contributed by atoms with E-state index in [1.54, 1.807) is 12.1 Å². The molecule has 0 bridgehead atoms. The average Bonchev–Trinajstić information content (AvgIpc) is 2.49. The van der Waals surface area contributed by atoms with Gasteiger partial charge in [0, 0.05) is 18.3 Å². The molecule has 1 aromatic carbocycles. The van der Waals surface area contributed by atoms with Gasteiger partial charge in [0.15, 0.2) is 11.6 Å². The third-order valence-corrected chi connectivity index (χ3v) is 3.90. The van der Waals surface area contributed by atoms with Gasteiger partial charge in [-0.1, -0.05) is 17.7 Å². The van der Waals surface area contributed by atoms with Crippen LogP contribution in [0.15, 0.2) is 18.2 Å². The SMILES string of the molecule is CNc1nc(-c2cccc(Cl)c2F)nc2c1CCCC2. The first kappa shape index (κ1) is 13.3. The van der Waals surface area contributed by atoms with Crippen LogP contribution < -0.4 is 5.32 Å². The van der Waals surface area contributed by atoms with E-state index < -0.39 is 5.82 Å². The summed E-state index contributed by atoms with van der Waals surface area (Å²) in [5, 5.41) is 3.19. The zero-order valence-electron chi connectivity index (χ0n) is 11.2. The van der Waals surface area contributed by atoms with Crippen LogP contribution in [0.4, 0.5) is 10.2 Å². The van der Waals surface area contributed by atoms with Gasteiger partial charge < -0.3 is 5.32 Å². The predicted molar refractivity (Wildman–Crippen MR) is 78.6 cm³/mol. The minimum atomic E-state index is -0.466. The Morgan fingerprint density at radius 2 is 2.00 bits per heavy atom. The zero-order valence-corrected chi connectivity index (χ0v) is 12.0. The lowest BCUT2D eigenvalue weighted by molar-refractivity contribution is 0.628. The van der Waals surface area contributed by atoms with Crippen LogP contribution in [-0.4, -0.2) is 17.0 Å². The van der Waals surface area contributed by atoms with Gasteiger partial charge in [-0.2, -0.15) is 0 Å². The predicted octanol–water partition coefficient (Wildman–Crippen LogP) is 3.86. The van der Waals surface area contributed by atoms with E-state index in [0.717, 1.165) is 42.8 Å². The Morgan fingerprint density at radius 1 is 1.20 bits per heavy atom. The summed E-state index contributed by atoms with van der Waals surface area (Å²) in [6.45, 7) is 0. The molecular weight excluding hydrogens is 277 g/mol. The number of aryl methyl sites for hydroxylation is 1. The number of hydrogen-bond acceptors (Lipinski definition) is 3. The highest BCUT2D eigenvalue weighted by Gasteiger charge is 2.19. The van der Waals surface area contributed by atoms with Crippen LogP contribution in [0.1, 0.15) is 24.1 Å². The van der Waals surface area contributed by atoms with Crippen molar-refractivity contribution in [1.82, 2.24) is 9.97 Å². The van der Waals surface area contributed by atoms with Gasteiger partial charge >= 0.3 is 0 Å². The van der Waals surface area contributed by atoms with E-state index in [0.29, 0.717) is 11.4 Å². The van der Waals surface area contributed by atoms with E-state index in [1.165, 1.54) is 6.07 Å². The van der Waals surface area contributed by atoms with Gasteiger partial charge in [-0.05, 0) is 37.8 Å². The van der Waals surface area contributed by atoms with E-state index in [4.69, 9.17) is 11.6 Å². The molecule has 1 aliphatic rings. The molecule has 0 atom stereocenters. The number of anilines is 1. The molecule has 0 saturated carbocycles. The summed E-state index contributed by atoms with van der Waals surface area (Å²) in [5.74, 6) is 0.728. The maximum atomic E-state index is 14.1. The van der Waals surface area contributed by atoms with Gasteiger partial charge in [0.2, 0.25) is 0 Å². The van der Waals surface area contributed by atoms with Gasteiger partial charge in [-0.15, -0.1) is 0 Å². The Hall–Kier alpha value is -1.68. The third-order valence-electron chi connectivity index (χ3n) is 3.61. The first-order valence-electron chi connectivity index (χ1n) is 6.72. The molecule has 0 fully saturated rings. The van der Waals surface area contributed by atoms with E-state index in [-0.39, 0.29) is 5.02 Å². The molecule has 1 N–H and O–H groups in total. The Morgan fingerprint density at radius 3 is 2.80 bits per heavy atom. The van der Waals surface area contributed by atoms with Gasteiger partial charge in [-0.25, -0.2) is 14.4 Å². The first-order chi connectivity index (χ1) is 9.70. The topological polar surface area (TPSA) is 37.8 Å². The van der Waals surface area contributed by atoms with Crippen LogP contribution >= 0.6 is 11.6 Å². The number of halogens is 2. The van der Waals surface area contributed by atoms with Crippen molar-refractivity contribution < 1.29 is 4.39 Å². The lowest BCUT2D eigenvalue weighted by atomic mass is 9.96. The average molecular weight is 292 g/mol. The van der Waals surface area contributed by atoms with Gasteiger partial charge in [0.05, 0.1) is 10.6 Å². The molecular formula is C15H15ClFN3. The summed E-state index contributed by atoms with van der Waals surface area (Å²) in [4.78, 5) is 9.00. The fraction of sp³-hybridized carbons (Fsp3) is 0.333. The summed E-state index contributed by atoms with van der Waals surface area (Å²) in [6, 6.07) is 4.89. The Kier molecular flexibility index (Phi) is 3.57. The second kappa shape index (κ2) is 5.37. The molecule has 1 aromatic heterocycles. The lowest BCUT2D eigenvalue weighted by Gasteiger charge is -2.19. The molecule has 104 valence electrons. The smallest absolute Gasteiger partial charge is 0.164 e. The van der Waals surface area contributed by atoms with Crippen LogP contribution in [-0.2, 0) is 12.8 Å². The summed E-state index contributed by atoms with van der Waals surface area (Å²) in [6.07, 6.45) is 4.16. The fourth-order valence-corrected chi connectivity index (χ4v) is 2.77. The molecule has 1 heterocycles. The van der Waals surface area contributed by atoms with Crippen molar-refractivity contribution in [2.75, 3.05) is 12.4 Å². The molecule has 0 amide bonds. The second-order valence-corrected chi connectivity index (χ2v) is 5.29. The standard InChI is InChI=1S/C15H15ClFN3/c1-18-14-9-5-2-3-8-12(9)19-15(20-14)10-6-4-7-11(16)13(10)17/h4,6-7H,2-3,5,8H2,1H3,(H,18,19,20). The van der Waals surface area contributed by atoms with Crippen molar-refractivity contribution in [2.45, 2.75) is 25.7 Å². The van der Waals surface area contributed by atoms with Crippen LogP contribution in [0, 0.1) is 5.82 Å². The first-order valence-corrected chi connectivity index (χ1v) is 7.10. The molecule has 5 heteroatoms. The Balaban J connectivity index is 2.17. The van der Waals surface area contributed by atoms with E-state index in [1.807, 2.05) is 7.05 Å². The fourth-order valence-electron chi connectivity index (χ4n) is 2.60. The van der Waals surface area contributed by atoms with Gasteiger partial charge in [-0.3, -0.25) is 0 Å². The van der Waals surface area contributed by atoms with Crippen molar-refractivity contribution in [3.63, 3.8) is 0 Å². The molecule has 2 aromatic rings. The third kappa shape index (κ3) is 2.24. The van der Waals surface area contributed by atoms with Crippen LogP contribution in [0.25, 0.3) is 11.4 Å². The molecule has 1 aliphatic carbocycles. The van der Waals surface area contributed by atoms with Crippen molar-refractivity contribution in [3.8, 4) is 11.4 Å². The molecule has 0 aliphatic heterocycles. The van der Waals surface area contributed by atoms with Crippen molar-refractivity contribution in [3.05, 3.63) is 40.3 Å². The number of hydrogen-bond donors (Lipinski definition) is 1. The number of rotatable bonds is 2. The second-order valence-electron chi connectivity index (χ2n) is 4.88. The van der Waals surface area contributed by atoms with Gasteiger partial charge in [0.25, 0.3) is 0 Å². The van der Waals surface area contributed by atoms with Gasteiger partial charge in [0.1, 0.15) is 5.82 Å². The highest BCUT2D eigenvalue weighted by molar-refractivity contribution is 6.31. The van der Waals surface area contributed by atoms with Crippen molar-refractivity contribution in [1.29, 1.82) is 0 Å². The maximum absolute atomic E-state index is 14.1.